The van der Waals surface area contributed by atoms with Gasteiger partial charge in [0.2, 0.25) is 11.7 Å². The Labute approximate surface area is 213 Å². The van der Waals surface area contributed by atoms with E-state index in [1.807, 2.05) is 0 Å². The van der Waals surface area contributed by atoms with Gasteiger partial charge in [-0.15, -0.1) is 0 Å². The van der Waals surface area contributed by atoms with Crippen molar-refractivity contribution in [3.05, 3.63) is 57.5 Å². The van der Waals surface area contributed by atoms with E-state index < -0.39 is 28.4 Å². The van der Waals surface area contributed by atoms with Gasteiger partial charge in [0.05, 0.1) is 21.8 Å². The van der Waals surface area contributed by atoms with E-state index in [1.165, 1.54) is 40.9 Å². The van der Waals surface area contributed by atoms with Crippen LogP contribution in [0, 0.1) is 6.92 Å². The number of aliphatic hydroxyl groups excluding tert-OH is 1. The maximum atomic E-state index is 13.5. The maximum absolute atomic E-state index is 13.5. The van der Waals surface area contributed by atoms with E-state index in [9.17, 15) is 18.0 Å². The van der Waals surface area contributed by atoms with Crippen molar-refractivity contribution in [2.24, 2.45) is 14.1 Å². The van der Waals surface area contributed by atoms with Crippen LogP contribution in [0.4, 0.5) is 0 Å². The van der Waals surface area contributed by atoms with Gasteiger partial charge in [-0.2, -0.15) is 10.2 Å². The minimum atomic E-state index is -3.62. The lowest BCUT2D eigenvalue weighted by Crippen LogP contribution is -2.15. The summed E-state index contributed by atoms with van der Waals surface area (Å²) in [6.07, 6.45) is 5.17. The van der Waals surface area contributed by atoms with Crippen LogP contribution in [0.2, 0.25) is 5.02 Å². The highest BCUT2D eigenvalue weighted by atomic mass is 35.5. The normalized spacial score (nSPS) is 11.6. The van der Waals surface area contributed by atoms with E-state index in [0.29, 0.717) is 30.7 Å². The molecular weight excluding hydrogens is 512 g/mol. The Hall–Kier alpha value is -3.06. The molecule has 0 aliphatic heterocycles. The lowest BCUT2D eigenvalue weighted by atomic mass is 10.00. The van der Waals surface area contributed by atoms with Gasteiger partial charge in [0.15, 0.2) is 9.84 Å². The Bertz CT molecular complexity index is 1400. The molecule has 0 unspecified atom stereocenters. The number of benzene rings is 1. The summed E-state index contributed by atoms with van der Waals surface area (Å²) in [6, 6.07) is 2.68. The van der Waals surface area contributed by atoms with E-state index in [0.717, 1.165) is 6.26 Å². The second-order valence-corrected chi connectivity index (χ2v) is 10.5. The Morgan fingerprint density at radius 2 is 1.86 bits per heavy atom. The number of nitrogens with zero attached hydrogens (tertiary/aromatic N) is 4. The standard InChI is InChI=1S/C23H27ClN4O7S/c1-14-18(12-27(2)26-14)23(31)35-22-17(11-25-28(22)3)21(30)16-8-9-19(36(4,32)33)15(20(16)24)7-5-6-10-34-13-29/h8-9,11-12,29H,5-7,10,13H2,1-4H3. The molecule has 0 amide bonds. The number of sulfone groups is 1. The van der Waals surface area contributed by atoms with E-state index >= 15 is 0 Å². The van der Waals surface area contributed by atoms with Crippen molar-refractivity contribution in [1.82, 2.24) is 19.6 Å². The zero-order valence-electron chi connectivity index (χ0n) is 20.3. The van der Waals surface area contributed by atoms with Crippen LogP contribution in [0.3, 0.4) is 0 Å². The van der Waals surface area contributed by atoms with Crippen molar-refractivity contribution < 1.29 is 32.6 Å². The molecule has 3 rings (SSSR count). The minimum absolute atomic E-state index is 0.00441. The van der Waals surface area contributed by atoms with Crippen molar-refractivity contribution >= 4 is 33.2 Å². The fourth-order valence-electron chi connectivity index (χ4n) is 3.72. The number of hydrogen-bond donors (Lipinski definition) is 1. The summed E-state index contributed by atoms with van der Waals surface area (Å²) in [6.45, 7) is 1.55. The van der Waals surface area contributed by atoms with Gasteiger partial charge in [-0.05, 0) is 43.9 Å². The molecule has 0 atom stereocenters. The molecule has 2 heterocycles. The molecule has 0 aliphatic carbocycles. The van der Waals surface area contributed by atoms with Gasteiger partial charge >= 0.3 is 5.97 Å². The zero-order chi connectivity index (χ0) is 26.6. The average molecular weight is 539 g/mol. The van der Waals surface area contributed by atoms with Crippen LogP contribution in [0.25, 0.3) is 0 Å². The van der Waals surface area contributed by atoms with Gasteiger partial charge in [0.1, 0.15) is 17.9 Å². The van der Waals surface area contributed by atoms with Crippen molar-refractivity contribution in [2.75, 3.05) is 19.7 Å². The van der Waals surface area contributed by atoms with Gasteiger partial charge in [0, 0.05) is 38.7 Å². The van der Waals surface area contributed by atoms with Crippen molar-refractivity contribution in [3.8, 4) is 5.88 Å². The predicted octanol–water partition coefficient (Wildman–Crippen LogP) is 2.26. The molecular formula is C23H27ClN4O7S. The highest BCUT2D eigenvalue weighted by Gasteiger charge is 2.27. The molecule has 0 spiro atoms. The van der Waals surface area contributed by atoms with Crippen molar-refractivity contribution in [3.63, 3.8) is 0 Å². The van der Waals surface area contributed by atoms with E-state index in [2.05, 4.69) is 10.2 Å². The van der Waals surface area contributed by atoms with Crippen LogP contribution in [0.1, 0.15) is 50.4 Å². The molecule has 0 radical (unpaired) electrons. The first-order chi connectivity index (χ1) is 17.0. The number of halogens is 1. The number of aromatic nitrogens is 4. The minimum Gasteiger partial charge on any atom is -0.403 e. The molecule has 13 heteroatoms. The highest BCUT2D eigenvalue weighted by Crippen LogP contribution is 2.32. The van der Waals surface area contributed by atoms with E-state index in [4.69, 9.17) is 26.2 Å². The van der Waals surface area contributed by atoms with Gasteiger partial charge in [-0.25, -0.2) is 17.9 Å². The fraction of sp³-hybridized carbons (Fsp3) is 0.391. The third kappa shape index (κ3) is 6.01. The Morgan fingerprint density at radius 3 is 2.47 bits per heavy atom. The molecule has 36 heavy (non-hydrogen) atoms. The number of aliphatic hydroxyl groups is 1. The molecule has 0 saturated carbocycles. The number of carbonyl (C=O) groups is 2. The molecule has 0 fully saturated rings. The fourth-order valence-corrected chi connectivity index (χ4v) is 5.09. The van der Waals surface area contributed by atoms with Crippen molar-refractivity contribution in [2.45, 2.75) is 31.1 Å². The SMILES string of the molecule is Cc1nn(C)cc1C(=O)Oc1c(C(=O)c2ccc(S(C)(=O)=O)c(CCCCOCO)c2Cl)cnn1C. The average Bonchev–Trinajstić information content (AvgIpc) is 3.34. The molecule has 1 aromatic carbocycles. The number of esters is 1. The van der Waals surface area contributed by atoms with E-state index in [1.54, 1.807) is 14.0 Å². The first-order valence-corrected chi connectivity index (χ1v) is 13.2. The number of ether oxygens (including phenoxy) is 2. The van der Waals surface area contributed by atoms with Gasteiger partial charge in [0.25, 0.3) is 0 Å². The summed E-state index contributed by atoms with van der Waals surface area (Å²) >= 11 is 6.59. The molecule has 0 bridgehead atoms. The van der Waals surface area contributed by atoms with Crippen LogP contribution in [0.15, 0.2) is 29.4 Å². The maximum Gasteiger partial charge on any atom is 0.348 e. The third-order valence-corrected chi connectivity index (χ3v) is 7.07. The van der Waals surface area contributed by atoms with Crippen LogP contribution >= 0.6 is 11.6 Å². The molecule has 0 saturated heterocycles. The number of unbranched alkanes of at least 4 members (excludes halogenated alkanes) is 1. The number of aryl methyl sites for hydroxylation is 3. The van der Waals surface area contributed by atoms with E-state index in [-0.39, 0.29) is 38.9 Å². The van der Waals surface area contributed by atoms with Gasteiger partial charge in [-0.1, -0.05) is 11.6 Å². The highest BCUT2D eigenvalue weighted by molar-refractivity contribution is 7.90. The van der Waals surface area contributed by atoms with Crippen LogP contribution in [-0.4, -0.2) is 64.5 Å². The molecule has 3 aromatic rings. The zero-order valence-corrected chi connectivity index (χ0v) is 21.9. The van der Waals surface area contributed by atoms with Crippen molar-refractivity contribution in [1.29, 1.82) is 0 Å². The largest absolute Gasteiger partial charge is 0.403 e. The Kier molecular flexibility index (Phi) is 8.67. The predicted molar refractivity (Wildman–Crippen MR) is 130 cm³/mol. The summed E-state index contributed by atoms with van der Waals surface area (Å²) < 4.78 is 37.8. The third-order valence-electron chi connectivity index (χ3n) is 5.45. The second-order valence-electron chi connectivity index (χ2n) is 8.18. The molecule has 1 N–H and O–H groups in total. The van der Waals surface area contributed by atoms with Crippen LogP contribution in [0.5, 0.6) is 5.88 Å². The summed E-state index contributed by atoms with van der Waals surface area (Å²) in [4.78, 5) is 26.2. The summed E-state index contributed by atoms with van der Waals surface area (Å²) in [5.74, 6) is -1.37. The summed E-state index contributed by atoms with van der Waals surface area (Å²) in [5.41, 5.74) is 1.05. The van der Waals surface area contributed by atoms with Gasteiger partial charge < -0.3 is 14.6 Å². The molecule has 11 nitrogen and oxygen atoms in total. The number of hydrogen-bond acceptors (Lipinski definition) is 9. The smallest absolute Gasteiger partial charge is 0.348 e. The quantitative estimate of drug-likeness (QED) is 0.168. The number of rotatable bonds is 11. The lowest BCUT2D eigenvalue weighted by Gasteiger charge is -2.14. The van der Waals surface area contributed by atoms with Gasteiger partial charge in [-0.3, -0.25) is 9.48 Å². The molecule has 194 valence electrons. The summed E-state index contributed by atoms with van der Waals surface area (Å²) in [5, 5.41) is 16.9. The Balaban J connectivity index is 1.96. The van der Waals surface area contributed by atoms with Crippen LogP contribution < -0.4 is 4.74 Å². The number of carbonyl (C=O) groups excluding carboxylic acids is 2. The molecule has 0 aliphatic rings. The topological polar surface area (TPSA) is 143 Å². The Morgan fingerprint density at radius 1 is 1.14 bits per heavy atom. The first kappa shape index (κ1) is 27.5. The monoisotopic (exact) mass is 538 g/mol. The summed E-state index contributed by atoms with van der Waals surface area (Å²) in [7, 11) is -0.437. The lowest BCUT2D eigenvalue weighted by molar-refractivity contribution is -0.00266. The number of ketones is 1. The first-order valence-electron chi connectivity index (χ1n) is 10.9. The molecule has 2 aromatic heterocycles. The van der Waals surface area contributed by atoms with Crippen LogP contribution in [-0.2, 0) is 35.1 Å². The second kappa shape index (κ2) is 11.3.